The SMILES string of the molecule is CCNC(=NCc1ncc(CC)s1)NCCc1coc(-c2ccc(C)cc2)n1.I. The Morgan fingerprint density at radius 2 is 1.97 bits per heavy atom. The molecule has 0 saturated carbocycles. The first-order valence-corrected chi connectivity index (χ1v) is 10.5. The molecule has 0 bridgehead atoms. The van der Waals surface area contributed by atoms with Crippen molar-refractivity contribution in [2.45, 2.75) is 40.2 Å². The lowest BCUT2D eigenvalue weighted by Gasteiger charge is -2.10. The number of guanidine groups is 1. The topological polar surface area (TPSA) is 75.3 Å². The third-order valence-electron chi connectivity index (χ3n) is 4.19. The van der Waals surface area contributed by atoms with Gasteiger partial charge in [-0.15, -0.1) is 35.3 Å². The number of hydrogen-bond donors (Lipinski definition) is 2. The fourth-order valence-corrected chi connectivity index (χ4v) is 3.42. The van der Waals surface area contributed by atoms with E-state index < -0.39 is 0 Å². The van der Waals surface area contributed by atoms with Gasteiger partial charge in [-0.3, -0.25) is 0 Å². The largest absolute Gasteiger partial charge is 0.444 e. The molecule has 0 saturated heterocycles. The second-order valence-corrected chi connectivity index (χ2v) is 7.66. The Kier molecular flexibility index (Phi) is 9.59. The Labute approximate surface area is 193 Å². The molecule has 8 heteroatoms. The summed E-state index contributed by atoms with van der Waals surface area (Å²) in [5.74, 6) is 1.45. The summed E-state index contributed by atoms with van der Waals surface area (Å²) < 4.78 is 5.62. The van der Waals surface area contributed by atoms with Crippen molar-refractivity contribution in [1.82, 2.24) is 20.6 Å². The third-order valence-corrected chi connectivity index (χ3v) is 5.32. The van der Waals surface area contributed by atoms with Crippen LogP contribution < -0.4 is 10.6 Å². The van der Waals surface area contributed by atoms with E-state index in [0.29, 0.717) is 12.4 Å². The van der Waals surface area contributed by atoms with Crippen LogP contribution >= 0.6 is 35.3 Å². The molecule has 2 aromatic heterocycles. The maximum Gasteiger partial charge on any atom is 0.226 e. The number of oxazole rings is 1. The molecule has 3 rings (SSSR count). The van der Waals surface area contributed by atoms with Crippen LogP contribution in [0.1, 0.15) is 35.0 Å². The van der Waals surface area contributed by atoms with Crippen LogP contribution in [-0.4, -0.2) is 29.0 Å². The predicted molar refractivity (Wildman–Crippen MR) is 130 cm³/mol. The van der Waals surface area contributed by atoms with Crippen molar-refractivity contribution in [3.05, 3.63) is 57.9 Å². The van der Waals surface area contributed by atoms with E-state index in [-0.39, 0.29) is 24.0 Å². The number of hydrogen-bond acceptors (Lipinski definition) is 5. The summed E-state index contributed by atoms with van der Waals surface area (Å²) in [5.41, 5.74) is 3.14. The van der Waals surface area contributed by atoms with Gasteiger partial charge in [-0.2, -0.15) is 0 Å². The average Bonchev–Trinajstić information content (AvgIpc) is 3.36. The number of aromatic nitrogens is 2. The summed E-state index contributed by atoms with van der Waals surface area (Å²) in [4.78, 5) is 14.9. The highest BCUT2D eigenvalue weighted by Crippen LogP contribution is 2.19. The maximum atomic E-state index is 5.62. The van der Waals surface area contributed by atoms with E-state index in [4.69, 9.17) is 4.42 Å². The molecular formula is C21H28IN5OS. The van der Waals surface area contributed by atoms with E-state index in [2.05, 4.69) is 58.5 Å². The van der Waals surface area contributed by atoms with Crippen LogP contribution in [0.3, 0.4) is 0 Å². The molecule has 2 heterocycles. The molecule has 0 atom stereocenters. The Morgan fingerprint density at radius 1 is 1.17 bits per heavy atom. The molecule has 0 radical (unpaired) electrons. The lowest BCUT2D eigenvalue weighted by molar-refractivity contribution is 0.572. The molecule has 0 unspecified atom stereocenters. The molecule has 156 valence electrons. The number of halogens is 1. The Hall–Kier alpha value is -1.94. The molecule has 0 spiro atoms. The van der Waals surface area contributed by atoms with Crippen molar-refractivity contribution in [1.29, 1.82) is 0 Å². The monoisotopic (exact) mass is 525 g/mol. The first kappa shape index (κ1) is 23.3. The molecule has 0 aliphatic carbocycles. The molecule has 0 aliphatic rings. The Morgan fingerprint density at radius 3 is 2.66 bits per heavy atom. The fraction of sp³-hybridized carbons (Fsp3) is 0.381. The van der Waals surface area contributed by atoms with Gasteiger partial charge in [0.05, 0.1) is 12.2 Å². The molecule has 29 heavy (non-hydrogen) atoms. The zero-order chi connectivity index (χ0) is 19.8. The summed E-state index contributed by atoms with van der Waals surface area (Å²) in [7, 11) is 0. The maximum absolute atomic E-state index is 5.62. The molecule has 3 aromatic rings. The van der Waals surface area contributed by atoms with Crippen LogP contribution in [0, 0.1) is 6.92 Å². The lowest BCUT2D eigenvalue weighted by atomic mass is 10.1. The molecule has 0 aliphatic heterocycles. The van der Waals surface area contributed by atoms with Crippen molar-refractivity contribution in [2.24, 2.45) is 4.99 Å². The van der Waals surface area contributed by atoms with Crippen molar-refractivity contribution < 1.29 is 4.42 Å². The highest BCUT2D eigenvalue weighted by molar-refractivity contribution is 14.0. The number of benzene rings is 1. The first-order chi connectivity index (χ1) is 13.7. The van der Waals surface area contributed by atoms with Gasteiger partial charge in [0.1, 0.15) is 11.3 Å². The van der Waals surface area contributed by atoms with Crippen molar-refractivity contribution in [3.8, 4) is 11.5 Å². The van der Waals surface area contributed by atoms with Crippen molar-refractivity contribution in [2.75, 3.05) is 13.1 Å². The number of nitrogens with one attached hydrogen (secondary N) is 2. The van der Waals surface area contributed by atoms with Crippen LogP contribution in [0.2, 0.25) is 0 Å². The lowest BCUT2D eigenvalue weighted by Crippen LogP contribution is -2.38. The molecule has 1 aromatic carbocycles. The number of aliphatic imine (C=N–C) groups is 1. The van der Waals surface area contributed by atoms with E-state index in [1.165, 1.54) is 10.4 Å². The predicted octanol–water partition coefficient (Wildman–Crippen LogP) is 4.58. The smallest absolute Gasteiger partial charge is 0.226 e. The number of rotatable bonds is 8. The van der Waals surface area contributed by atoms with E-state index in [1.807, 2.05) is 18.3 Å². The Bertz CT molecular complexity index is 904. The van der Waals surface area contributed by atoms with Gasteiger partial charge in [0, 0.05) is 36.1 Å². The highest BCUT2D eigenvalue weighted by Gasteiger charge is 2.07. The summed E-state index contributed by atoms with van der Waals surface area (Å²) in [6.07, 6.45) is 5.44. The van der Waals surface area contributed by atoms with Gasteiger partial charge in [-0.05, 0) is 32.4 Å². The van der Waals surface area contributed by atoms with Gasteiger partial charge in [0.15, 0.2) is 5.96 Å². The number of nitrogens with zero attached hydrogens (tertiary/aromatic N) is 3. The summed E-state index contributed by atoms with van der Waals surface area (Å²) in [5, 5.41) is 7.65. The standard InChI is InChI=1S/C21H27N5OS.HI/c1-4-18-12-24-19(28-18)13-25-21(22-5-2)23-11-10-17-14-27-20(26-17)16-8-6-15(3)7-9-16;/h6-9,12,14H,4-5,10-11,13H2,1-3H3,(H2,22,23,25);1H. The quantitative estimate of drug-likeness (QED) is 0.256. The minimum atomic E-state index is 0. The van der Waals surface area contributed by atoms with Crippen LogP contribution in [0.15, 0.2) is 46.1 Å². The van der Waals surface area contributed by atoms with E-state index in [9.17, 15) is 0 Å². The molecule has 0 amide bonds. The van der Waals surface area contributed by atoms with Crippen LogP contribution in [0.25, 0.3) is 11.5 Å². The number of aryl methyl sites for hydroxylation is 2. The van der Waals surface area contributed by atoms with Crippen LogP contribution in [0.4, 0.5) is 0 Å². The van der Waals surface area contributed by atoms with Crippen molar-refractivity contribution in [3.63, 3.8) is 0 Å². The van der Waals surface area contributed by atoms with E-state index in [1.54, 1.807) is 17.6 Å². The number of thiazole rings is 1. The van der Waals surface area contributed by atoms with Gasteiger partial charge < -0.3 is 15.1 Å². The van der Waals surface area contributed by atoms with Gasteiger partial charge >= 0.3 is 0 Å². The van der Waals surface area contributed by atoms with Gasteiger partial charge in [0.25, 0.3) is 0 Å². The summed E-state index contributed by atoms with van der Waals surface area (Å²) in [6, 6.07) is 8.18. The van der Waals surface area contributed by atoms with Gasteiger partial charge in [-0.25, -0.2) is 15.0 Å². The highest BCUT2D eigenvalue weighted by atomic mass is 127. The first-order valence-electron chi connectivity index (χ1n) is 9.65. The zero-order valence-corrected chi connectivity index (χ0v) is 20.2. The van der Waals surface area contributed by atoms with Crippen molar-refractivity contribution >= 4 is 41.3 Å². The minimum absolute atomic E-state index is 0. The van der Waals surface area contributed by atoms with E-state index >= 15 is 0 Å². The van der Waals surface area contributed by atoms with Gasteiger partial charge in [-0.1, -0.05) is 24.6 Å². The Balaban J connectivity index is 0.00000300. The second-order valence-electron chi connectivity index (χ2n) is 6.46. The normalized spacial score (nSPS) is 11.2. The van der Waals surface area contributed by atoms with Gasteiger partial charge in [0.2, 0.25) is 5.89 Å². The summed E-state index contributed by atoms with van der Waals surface area (Å²) >= 11 is 1.72. The van der Waals surface area contributed by atoms with Crippen LogP contribution in [0.5, 0.6) is 0 Å². The average molecular weight is 525 g/mol. The minimum Gasteiger partial charge on any atom is -0.444 e. The molecular weight excluding hydrogens is 497 g/mol. The fourth-order valence-electron chi connectivity index (χ4n) is 2.63. The summed E-state index contributed by atoms with van der Waals surface area (Å²) in [6.45, 7) is 8.38. The molecule has 2 N–H and O–H groups in total. The molecule has 6 nitrogen and oxygen atoms in total. The van der Waals surface area contributed by atoms with E-state index in [0.717, 1.165) is 48.2 Å². The molecule has 0 fully saturated rings. The van der Waals surface area contributed by atoms with Crippen LogP contribution in [-0.2, 0) is 19.4 Å². The zero-order valence-electron chi connectivity index (χ0n) is 17.1. The third kappa shape index (κ3) is 7.11. The second kappa shape index (κ2) is 11.9.